The van der Waals surface area contributed by atoms with E-state index in [0.29, 0.717) is 11.7 Å². The summed E-state index contributed by atoms with van der Waals surface area (Å²) < 4.78 is 2.66. The van der Waals surface area contributed by atoms with Gasteiger partial charge in [0, 0.05) is 0 Å². The van der Waals surface area contributed by atoms with E-state index in [0.717, 1.165) is 10.1 Å². The van der Waals surface area contributed by atoms with Crippen LogP contribution in [0.15, 0.2) is 22.9 Å². The van der Waals surface area contributed by atoms with Crippen LogP contribution in [0.1, 0.15) is 5.82 Å². The molecule has 0 bridgehead atoms. The van der Waals surface area contributed by atoms with Gasteiger partial charge in [-0.05, 0) is 28.1 Å². The number of hydrogen-bond donors (Lipinski definition) is 0. The summed E-state index contributed by atoms with van der Waals surface area (Å²) in [7, 11) is 0. The van der Waals surface area contributed by atoms with Crippen molar-refractivity contribution in [2.24, 2.45) is 0 Å². The zero-order chi connectivity index (χ0) is 8.55. The molecular weight excluding hydrogens is 241 g/mol. The van der Waals surface area contributed by atoms with Gasteiger partial charge >= 0.3 is 0 Å². The molecule has 0 aliphatic carbocycles. The third kappa shape index (κ3) is 1.21. The molecule has 0 spiro atoms. The van der Waals surface area contributed by atoms with E-state index in [4.69, 9.17) is 11.6 Å². The van der Waals surface area contributed by atoms with Crippen molar-refractivity contribution in [2.75, 3.05) is 0 Å². The monoisotopic (exact) mass is 245 g/mol. The molecule has 0 N–H and O–H groups in total. The maximum absolute atomic E-state index is 5.59. The average Bonchev–Trinajstić information content (AvgIpc) is 2.47. The lowest BCUT2D eigenvalue weighted by Gasteiger charge is -1.96. The maximum Gasteiger partial charge on any atom is 0.164 e. The van der Waals surface area contributed by atoms with Crippen molar-refractivity contribution in [1.82, 2.24) is 14.6 Å². The Morgan fingerprint density at radius 2 is 2.33 bits per heavy atom. The predicted octanol–water partition coefficient (Wildman–Crippen LogP) is 2.23. The van der Waals surface area contributed by atoms with Gasteiger partial charge in [0.2, 0.25) is 0 Å². The van der Waals surface area contributed by atoms with Crippen molar-refractivity contribution in [3.8, 4) is 0 Å². The van der Waals surface area contributed by atoms with Crippen LogP contribution in [0.4, 0.5) is 0 Å². The number of alkyl halides is 1. The van der Waals surface area contributed by atoms with Crippen molar-refractivity contribution in [3.63, 3.8) is 0 Å². The minimum atomic E-state index is 0.334. The molecule has 0 aliphatic rings. The quantitative estimate of drug-likeness (QED) is 0.722. The predicted molar refractivity (Wildman–Crippen MR) is 50.2 cm³/mol. The summed E-state index contributed by atoms with van der Waals surface area (Å²) in [6, 6.07) is 3.85. The SMILES string of the molecule is ClCc1ncc2ccc(Br)n2n1. The summed E-state index contributed by atoms with van der Waals surface area (Å²) in [5.74, 6) is 0.960. The molecule has 2 heterocycles. The summed E-state index contributed by atoms with van der Waals surface area (Å²) in [6.07, 6.45) is 1.75. The molecule has 0 fully saturated rings. The number of rotatable bonds is 1. The summed E-state index contributed by atoms with van der Waals surface area (Å²) in [5, 5.41) is 4.18. The highest BCUT2D eigenvalue weighted by molar-refractivity contribution is 9.10. The van der Waals surface area contributed by atoms with Gasteiger partial charge in [0.1, 0.15) is 4.60 Å². The zero-order valence-corrected chi connectivity index (χ0v) is 8.38. The van der Waals surface area contributed by atoms with E-state index in [9.17, 15) is 0 Å². The fourth-order valence-electron chi connectivity index (χ4n) is 0.965. The molecule has 0 aromatic carbocycles. The molecule has 12 heavy (non-hydrogen) atoms. The van der Waals surface area contributed by atoms with Crippen LogP contribution in [0.2, 0.25) is 0 Å². The third-order valence-electron chi connectivity index (χ3n) is 1.52. The van der Waals surface area contributed by atoms with E-state index >= 15 is 0 Å². The van der Waals surface area contributed by atoms with Crippen LogP contribution in [0.3, 0.4) is 0 Å². The Morgan fingerprint density at radius 3 is 3.08 bits per heavy atom. The van der Waals surface area contributed by atoms with Crippen molar-refractivity contribution in [2.45, 2.75) is 5.88 Å². The normalized spacial score (nSPS) is 10.8. The highest BCUT2D eigenvalue weighted by Crippen LogP contribution is 2.13. The molecule has 0 radical (unpaired) electrons. The van der Waals surface area contributed by atoms with E-state index < -0.39 is 0 Å². The Kier molecular flexibility index (Phi) is 2.02. The van der Waals surface area contributed by atoms with Gasteiger partial charge in [0.25, 0.3) is 0 Å². The number of hydrogen-bond acceptors (Lipinski definition) is 2. The second kappa shape index (κ2) is 3.03. The van der Waals surface area contributed by atoms with Gasteiger partial charge in [-0.1, -0.05) is 0 Å². The van der Waals surface area contributed by atoms with Crippen molar-refractivity contribution >= 4 is 33.0 Å². The van der Waals surface area contributed by atoms with Gasteiger partial charge in [-0.3, -0.25) is 0 Å². The van der Waals surface area contributed by atoms with Crippen LogP contribution >= 0.6 is 27.5 Å². The molecule has 0 amide bonds. The van der Waals surface area contributed by atoms with E-state index in [1.165, 1.54) is 0 Å². The minimum Gasteiger partial charge on any atom is -0.236 e. The van der Waals surface area contributed by atoms with Gasteiger partial charge in [-0.15, -0.1) is 11.6 Å². The first kappa shape index (κ1) is 8.01. The van der Waals surface area contributed by atoms with Crippen LogP contribution in [0.5, 0.6) is 0 Å². The fraction of sp³-hybridized carbons (Fsp3) is 0.143. The topological polar surface area (TPSA) is 30.2 Å². The largest absolute Gasteiger partial charge is 0.236 e. The smallest absolute Gasteiger partial charge is 0.164 e. The highest BCUT2D eigenvalue weighted by atomic mass is 79.9. The van der Waals surface area contributed by atoms with E-state index in [1.807, 2.05) is 12.1 Å². The Morgan fingerprint density at radius 1 is 1.50 bits per heavy atom. The number of fused-ring (bicyclic) bond motifs is 1. The number of nitrogens with zero attached hydrogens (tertiary/aromatic N) is 3. The Bertz CT molecular complexity index is 412. The first-order chi connectivity index (χ1) is 5.81. The van der Waals surface area contributed by atoms with E-state index in [-0.39, 0.29) is 0 Å². The zero-order valence-electron chi connectivity index (χ0n) is 6.04. The highest BCUT2D eigenvalue weighted by Gasteiger charge is 2.00. The van der Waals surface area contributed by atoms with Crippen LogP contribution in [-0.2, 0) is 5.88 Å². The van der Waals surface area contributed by atoms with Gasteiger partial charge in [0.05, 0.1) is 17.6 Å². The molecule has 5 heteroatoms. The van der Waals surface area contributed by atoms with Crippen molar-refractivity contribution < 1.29 is 0 Å². The molecule has 0 atom stereocenters. The molecule has 2 rings (SSSR count). The van der Waals surface area contributed by atoms with Crippen LogP contribution < -0.4 is 0 Å². The van der Waals surface area contributed by atoms with Gasteiger partial charge in [-0.2, -0.15) is 5.10 Å². The first-order valence-corrected chi connectivity index (χ1v) is 4.69. The van der Waals surface area contributed by atoms with Crippen molar-refractivity contribution in [1.29, 1.82) is 0 Å². The summed E-state index contributed by atoms with van der Waals surface area (Å²) in [5.41, 5.74) is 0.954. The van der Waals surface area contributed by atoms with Gasteiger partial charge in [0.15, 0.2) is 5.82 Å². The molecule has 0 unspecified atom stereocenters. The molecule has 0 aliphatic heterocycles. The molecule has 2 aromatic heterocycles. The van der Waals surface area contributed by atoms with Crippen LogP contribution in [0, 0.1) is 0 Å². The molecule has 62 valence electrons. The van der Waals surface area contributed by atoms with E-state index in [2.05, 4.69) is 26.0 Å². The average molecular weight is 246 g/mol. The lowest BCUT2D eigenvalue weighted by Crippen LogP contribution is -1.98. The Hall–Kier alpha value is -0.610. The molecule has 0 saturated carbocycles. The van der Waals surface area contributed by atoms with Gasteiger partial charge in [-0.25, -0.2) is 9.50 Å². The molecule has 2 aromatic rings. The lowest BCUT2D eigenvalue weighted by atomic mass is 10.5. The molecule has 0 saturated heterocycles. The number of halogens is 2. The van der Waals surface area contributed by atoms with Gasteiger partial charge < -0.3 is 0 Å². The Labute approximate surface area is 82.5 Å². The maximum atomic E-state index is 5.59. The van der Waals surface area contributed by atoms with E-state index in [1.54, 1.807) is 10.7 Å². The second-order valence-corrected chi connectivity index (χ2v) is 3.38. The van der Waals surface area contributed by atoms with Crippen LogP contribution in [0.25, 0.3) is 5.52 Å². The summed E-state index contributed by atoms with van der Waals surface area (Å²) in [4.78, 5) is 4.05. The summed E-state index contributed by atoms with van der Waals surface area (Å²) >= 11 is 8.95. The standard InChI is InChI=1S/C7H5BrClN3/c8-6-2-1-5-4-10-7(3-9)11-12(5)6/h1-2,4H,3H2. The molecule has 3 nitrogen and oxygen atoms in total. The lowest BCUT2D eigenvalue weighted by molar-refractivity contribution is 0.834. The minimum absolute atomic E-state index is 0.334. The van der Waals surface area contributed by atoms with Crippen LogP contribution in [-0.4, -0.2) is 14.6 Å². The Balaban J connectivity index is 2.71. The fourth-order valence-corrected chi connectivity index (χ4v) is 1.50. The molecular formula is C7H5BrClN3. The summed E-state index contributed by atoms with van der Waals surface area (Å²) in [6.45, 7) is 0. The third-order valence-corrected chi connectivity index (χ3v) is 2.36. The van der Waals surface area contributed by atoms with Crippen molar-refractivity contribution in [3.05, 3.63) is 28.8 Å². The number of aromatic nitrogens is 3. The second-order valence-electron chi connectivity index (χ2n) is 2.30. The first-order valence-electron chi connectivity index (χ1n) is 3.36.